The number of hydrogen-bond donors (Lipinski definition) is 1. The SMILES string of the molecule is O=C(Nc1ccc(Cl)cc1C(F)(F)F)c1ccc(N2CCOCC2)cn1. The molecule has 1 aliphatic rings. The minimum atomic E-state index is -4.64. The molecule has 3 rings (SSSR count). The molecule has 9 heteroatoms. The lowest BCUT2D eigenvalue weighted by Gasteiger charge is -2.28. The third kappa shape index (κ3) is 4.25. The monoisotopic (exact) mass is 385 g/mol. The van der Waals surface area contributed by atoms with Crippen molar-refractivity contribution in [1.29, 1.82) is 0 Å². The van der Waals surface area contributed by atoms with Gasteiger partial charge in [-0.1, -0.05) is 11.6 Å². The summed E-state index contributed by atoms with van der Waals surface area (Å²) in [4.78, 5) is 18.4. The molecule has 1 aromatic carbocycles. The largest absolute Gasteiger partial charge is 0.418 e. The molecule has 138 valence electrons. The van der Waals surface area contributed by atoms with Crippen molar-refractivity contribution in [1.82, 2.24) is 4.98 Å². The second kappa shape index (κ2) is 7.51. The topological polar surface area (TPSA) is 54.5 Å². The van der Waals surface area contributed by atoms with Crippen LogP contribution in [0.2, 0.25) is 5.02 Å². The highest BCUT2D eigenvalue weighted by atomic mass is 35.5. The third-order valence-electron chi connectivity index (χ3n) is 3.89. The molecule has 1 amide bonds. The van der Waals surface area contributed by atoms with Crippen molar-refractivity contribution in [3.63, 3.8) is 0 Å². The van der Waals surface area contributed by atoms with Gasteiger partial charge in [0.2, 0.25) is 0 Å². The van der Waals surface area contributed by atoms with Crippen LogP contribution in [0.3, 0.4) is 0 Å². The molecule has 5 nitrogen and oxygen atoms in total. The molecule has 26 heavy (non-hydrogen) atoms. The van der Waals surface area contributed by atoms with Crippen LogP contribution in [0.1, 0.15) is 16.1 Å². The molecular formula is C17H15ClF3N3O2. The van der Waals surface area contributed by atoms with E-state index >= 15 is 0 Å². The Morgan fingerprint density at radius 3 is 2.54 bits per heavy atom. The highest BCUT2D eigenvalue weighted by Crippen LogP contribution is 2.36. The molecule has 1 saturated heterocycles. The average molecular weight is 386 g/mol. The number of ether oxygens (including phenoxy) is 1. The zero-order valence-electron chi connectivity index (χ0n) is 13.5. The van der Waals surface area contributed by atoms with Crippen molar-refractivity contribution in [3.05, 3.63) is 52.8 Å². The van der Waals surface area contributed by atoms with Gasteiger partial charge in [-0.3, -0.25) is 4.79 Å². The van der Waals surface area contributed by atoms with Gasteiger partial charge in [-0.25, -0.2) is 4.98 Å². The van der Waals surface area contributed by atoms with Gasteiger partial charge in [0.1, 0.15) is 5.69 Å². The number of morpholine rings is 1. The molecule has 0 spiro atoms. The molecule has 0 atom stereocenters. The van der Waals surface area contributed by atoms with Gasteiger partial charge in [-0.05, 0) is 30.3 Å². The van der Waals surface area contributed by atoms with E-state index < -0.39 is 17.6 Å². The van der Waals surface area contributed by atoms with Crippen LogP contribution in [-0.4, -0.2) is 37.2 Å². The Hall–Kier alpha value is -2.32. The number of nitrogens with one attached hydrogen (secondary N) is 1. The van der Waals surface area contributed by atoms with Crippen molar-refractivity contribution in [3.8, 4) is 0 Å². The van der Waals surface area contributed by atoms with E-state index in [1.807, 2.05) is 0 Å². The molecule has 1 aliphatic heterocycles. The Morgan fingerprint density at radius 2 is 1.92 bits per heavy atom. The fourth-order valence-corrected chi connectivity index (χ4v) is 2.75. The normalized spacial score (nSPS) is 15.0. The second-order valence-corrected chi connectivity index (χ2v) is 6.08. The first-order chi connectivity index (χ1) is 12.3. The molecule has 2 heterocycles. The molecule has 0 bridgehead atoms. The van der Waals surface area contributed by atoms with Crippen LogP contribution in [0.15, 0.2) is 36.5 Å². The highest BCUT2D eigenvalue weighted by Gasteiger charge is 2.34. The summed E-state index contributed by atoms with van der Waals surface area (Å²) in [6, 6.07) is 6.35. The number of halogens is 4. The molecule has 0 radical (unpaired) electrons. The highest BCUT2D eigenvalue weighted by molar-refractivity contribution is 6.30. The molecule has 0 aliphatic carbocycles. The summed E-state index contributed by atoms with van der Waals surface area (Å²) < 4.78 is 44.6. The fraction of sp³-hybridized carbons (Fsp3) is 0.294. The number of hydrogen-bond acceptors (Lipinski definition) is 4. The smallest absolute Gasteiger partial charge is 0.378 e. The third-order valence-corrected chi connectivity index (χ3v) is 4.13. The van der Waals surface area contributed by atoms with E-state index in [0.717, 1.165) is 17.8 Å². The van der Waals surface area contributed by atoms with Gasteiger partial charge >= 0.3 is 6.18 Å². The number of pyridine rings is 1. The number of carbonyl (C=O) groups is 1. The number of aromatic nitrogens is 1. The Kier molecular flexibility index (Phi) is 5.33. The number of rotatable bonds is 3. The molecule has 1 fully saturated rings. The predicted octanol–water partition coefficient (Wildman–Crippen LogP) is 3.84. The van der Waals surface area contributed by atoms with Crippen LogP contribution in [-0.2, 0) is 10.9 Å². The van der Waals surface area contributed by atoms with Gasteiger partial charge < -0.3 is 15.0 Å². The van der Waals surface area contributed by atoms with Crippen molar-refractivity contribution >= 4 is 28.9 Å². The second-order valence-electron chi connectivity index (χ2n) is 5.64. The summed E-state index contributed by atoms with van der Waals surface area (Å²) >= 11 is 5.63. The van der Waals surface area contributed by atoms with Crippen LogP contribution < -0.4 is 10.2 Å². The maximum absolute atomic E-state index is 13.1. The zero-order chi connectivity index (χ0) is 18.7. The first-order valence-corrected chi connectivity index (χ1v) is 8.19. The Bertz CT molecular complexity index is 791. The summed E-state index contributed by atoms with van der Waals surface area (Å²) in [5, 5.41) is 2.18. The number of nitrogens with zero attached hydrogens (tertiary/aromatic N) is 2. The minimum absolute atomic E-state index is 0.0186. The van der Waals surface area contributed by atoms with Crippen LogP contribution in [0, 0.1) is 0 Å². The average Bonchev–Trinajstić information content (AvgIpc) is 2.63. The molecule has 1 aromatic heterocycles. The summed E-state index contributed by atoms with van der Waals surface area (Å²) in [6.45, 7) is 2.65. The lowest BCUT2D eigenvalue weighted by molar-refractivity contribution is -0.136. The van der Waals surface area contributed by atoms with Crippen molar-refractivity contribution in [2.24, 2.45) is 0 Å². The van der Waals surface area contributed by atoms with Crippen molar-refractivity contribution in [2.45, 2.75) is 6.18 Å². The van der Waals surface area contributed by atoms with Crippen LogP contribution in [0.4, 0.5) is 24.5 Å². The Morgan fingerprint density at radius 1 is 1.19 bits per heavy atom. The molecular weight excluding hydrogens is 371 g/mol. The fourth-order valence-electron chi connectivity index (χ4n) is 2.58. The van der Waals surface area contributed by atoms with Crippen molar-refractivity contribution < 1.29 is 22.7 Å². The number of amides is 1. The van der Waals surface area contributed by atoms with Gasteiger partial charge in [0.15, 0.2) is 0 Å². The first-order valence-electron chi connectivity index (χ1n) is 7.81. The van der Waals surface area contributed by atoms with Crippen molar-refractivity contribution in [2.75, 3.05) is 36.5 Å². The molecule has 0 saturated carbocycles. The van der Waals surface area contributed by atoms with Crippen LogP contribution in [0.25, 0.3) is 0 Å². The van der Waals surface area contributed by atoms with E-state index in [4.69, 9.17) is 16.3 Å². The maximum atomic E-state index is 13.1. The lowest BCUT2D eigenvalue weighted by atomic mass is 10.1. The molecule has 2 aromatic rings. The molecule has 0 unspecified atom stereocenters. The van der Waals surface area contributed by atoms with Crippen LogP contribution in [0.5, 0.6) is 0 Å². The lowest BCUT2D eigenvalue weighted by Crippen LogP contribution is -2.36. The van der Waals surface area contributed by atoms with E-state index in [-0.39, 0.29) is 16.4 Å². The van der Waals surface area contributed by atoms with E-state index in [2.05, 4.69) is 15.2 Å². The van der Waals surface area contributed by atoms with E-state index in [1.54, 1.807) is 6.07 Å². The quantitative estimate of drug-likeness (QED) is 0.872. The standard InChI is InChI=1S/C17H15ClF3N3O2/c18-11-1-3-14(13(9-11)17(19,20)21)23-16(25)15-4-2-12(10-22-15)24-5-7-26-8-6-24/h1-4,9-10H,5-8H2,(H,23,25). The van der Waals surface area contributed by atoms with Crippen LogP contribution >= 0.6 is 11.6 Å². The summed E-state index contributed by atoms with van der Waals surface area (Å²) in [5.74, 6) is -0.730. The van der Waals surface area contributed by atoms with E-state index in [9.17, 15) is 18.0 Å². The van der Waals surface area contributed by atoms with Gasteiger partial charge in [0, 0.05) is 18.1 Å². The predicted molar refractivity (Wildman–Crippen MR) is 91.7 cm³/mol. The Balaban J connectivity index is 1.76. The Labute approximate surface area is 152 Å². The summed E-state index contributed by atoms with van der Waals surface area (Å²) in [7, 11) is 0. The first kappa shape index (κ1) is 18.5. The number of anilines is 2. The maximum Gasteiger partial charge on any atom is 0.418 e. The summed E-state index contributed by atoms with van der Waals surface area (Å²) in [5.41, 5.74) is -0.536. The van der Waals surface area contributed by atoms with Gasteiger partial charge in [0.05, 0.1) is 36.3 Å². The van der Waals surface area contributed by atoms with Gasteiger partial charge in [-0.2, -0.15) is 13.2 Å². The molecule has 1 N–H and O–H groups in total. The minimum Gasteiger partial charge on any atom is -0.378 e. The zero-order valence-corrected chi connectivity index (χ0v) is 14.3. The number of carbonyl (C=O) groups excluding carboxylic acids is 1. The van der Waals surface area contributed by atoms with E-state index in [0.29, 0.717) is 26.3 Å². The van der Waals surface area contributed by atoms with Gasteiger partial charge in [0.25, 0.3) is 5.91 Å². The van der Waals surface area contributed by atoms with Gasteiger partial charge in [-0.15, -0.1) is 0 Å². The number of benzene rings is 1. The van der Waals surface area contributed by atoms with E-state index in [1.165, 1.54) is 18.3 Å². The summed E-state index contributed by atoms with van der Waals surface area (Å²) in [6.07, 6.45) is -3.12. The number of alkyl halides is 3.